The molecule has 3 aliphatic rings. The molecule has 0 radical (unpaired) electrons. The molecule has 1 aromatic rings. The van der Waals surface area contributed by atoms with Gasteiger partial charge in [0.2, 0.25) is 10.0 Å². The molecule has 0 bridgehead atoms. The van der Waals surface area contributed by atoms with Crippen LogP contribution < -0.4 is 10.1 Å². The fourth-order valence-electron chi connectivity index (χ4n) is 3.98. The third-order valence-corrected chi connectivity index (χ3v) is 7.16. The number of fused-ring (bicyclic) bond motifs is 1. The van der Waals surface area contributed by atoms with Gasteiger partial charge in [-0.1, -0.05) is 0 Å². The Morgan fingerprint density at radius 1 is 1.20 bits per heavy atom. The first-order valence-corrected chi connectivity index (χ1v) is 10.2. The summed E-state index contributed by atoms with van der Waals surface area (Å²) in [6.07, 6.45) is 1.83. The molecule has 2 saturated heterocycles. The smallest absolute Gasteiger partial charge is 0.243 e. The zero-order valence-electron chi connectivity index (χ0n) is 14.5. The van der Waals surface area contributed by atoms with Crippen molar-refractivity contribution in [3.8, 4) is 5.75 Å². The van der Waals surface area contributed by atoms with Crippen LogP contribution in [-0.2, 0) is 16.4 Å². The summed E-state index contributed by atoms with van der Waals surface area (Å²) in [7, 11) is -3.41. The Labute approximate surface area is 156 Å². The lowest BCUT2D eigenvalue weighted by atomic mass is 10.1. The standard InChI is InChI=1S/C17H25N3O3S.ClH/c1-13-10-14-11-16(2-3-17(14)23-13)24(21,22)20-7-4-15(12-20)19-8-5-18-6-9-19;/h2-3,11,13,15,18H,4-10,12H2,1H3;1H. The Kier molecular flexibility index (Phi) is 5.60. The summed E-state index contributed by atoms with van der Waals surface area (Å²) in [4.78, 5) is 2.82. The predicted octanol–water partition coefficient (Wildman–Crippen LogP) is 1.10. The summed E-state index contributed by atoms with van der Waals surface area (Å²) in [6, 6.07) is 5.63. The van der Waals surface area contributed by atoms with Crippen molar-refractivity contribution in [2.75, 3.05) is 39.3 Å². The molecule has 0 aliphatic carbocycles. The van der Waals surface area contributed by atoms with E-state index in [1.807, 2.05) is 6.92 Å². The molecule has 25 heavy (non-hydrogen) atoms. The second-order valence-electron chi connectivity index (χ2n) is 6.99. The molecule has 140 valence electrons. The minimum Gasteiger partial charge on any atom is -0.490 e. The summed E-state index contributed by atoms with van der Waals surface area (Å²) in [6.45, 7) is 7.22. The van der Waals surface area contributed by atoms with E-state index in [-0.39, 0.29) is 18.5 Å². The molecule has 3 heterocycles. The monoisotopic (exact) mass is 387 g/mol. The lowest BCUT2D eigenvalue weighted by Gasteiger charge is -2.32. The van der Waals surface area contributed by atoms with Gasteiger partial charge in [-0.15, -0.1) is 12.4 Å². The van der Waals surface area contributed by atoms with Crippen LogP contribution >= 0.6 is 12.4 Å². The number of nitrogens with one attached hydrogen (secondary N) is 1. The number of hydrogen-bond acceptors (Lipinski definition) is 5. The zero-order valence-corrected chi connectivity index (χ0v) is 16.1. The van der Waals surface area contributed by atoms with Gasteiger partial charge in [-0.05, 0) is 37.1 Å². The fraction of sp³-hybridized carbons (Fsp3) is 0.647. The second-order valence-corrected chi connectivity index (χ2v) is 8.93. The maximum Gasteiger partial charge on any atom is 0.243 e. The Morgan fingerprint density at radius 3 is 2.72 bits per heavy atom. The lowest BCUT2D eigenvalue weighted by molar-refractivity contribution is 0.179. The molecule has 2 fully saturated rings. The van der Waals surface area contributed by atoms with E-state index in [1.54, 1.807) is 22.5 Å². The van der Waals surface area contributed by atoms with E-state index < -0.39 is 10.0 Å². The Hall–Kier alpha value is -0.860. The summed E-state index contributed by atoms with van der Waals surface area (Å²) in [5.74, 6) is 0.821. The average molecular weight is 388 g/mol. The number of halogens is 1. The number of nitrogens with zero attached hydrogens (tertiary/aromatic N) is 2. The molecule has 6 nitrogen and oxygen atoms in total. The molecule has 0 spiro atoms. The largest absolute Gasteiger partial charge is 0.490 e. The van der Waals surface area contributed by atoms with Crippen LogP contribution in [0.1, 0.15) is 18.9 Å². The van der Waals surface area contributed by atoms with E-state index >= 15 is 0 Å². The molecule has 0 saturated carbocycles. The van der Waals surface area contributed by atoms with Crippen LogP contribution in [0.2, 0.25) is 0 Å². The highest BCUT2D eigenvalue weighted by Crippen LogP contribution is 2.32. The van der Waals surface area contributed by atoms with Crippen molar-refractivity contribution in [1.29, 1.82) is 0 Å². The van der Waals surface area contributed by atoms with Crippen molar-refractivity contribution >= 4 is 22.4 Å². The minimum atomic E-state index is -3.41. The molecule has 2 atom stereocenters. The molecule has 3 aliphatic heterocycles. The summed E-state index contributed by atoms with van der Waals surface area (Å²) in [5.41, 5.74) is 1.00. The third kappa shape index (κ3) is 3.66. The molecular formula is C17H26ClN3O3S. The van der Waals surface area contributed by atoms with Gasteiger partial charge in [-0.25, -0.2) is 8.42 Å². The van der Waals surface area contributed by atoms with Crippen LogP contribution in [0.4, 0.5) is 0 Å². The molecular weight excluding hydrogens is 362 g/mol. The SMILES string of the molecule is CC1Cc2cc(S(=O)(=O)N3CCC(N4CCNCC4)C3)ccc2O1.Cl. The van der Waals surface area contributed by atoms with Crippen molar-refractivity contribution in [3.63, 3.8) is 0 Å². The number of benzene rings is 1. The predicted molar refractivity (Wildman–Crippen MR) is 99.1 cm³/mol. The van der Waals surface area contributed by atoms with E-state index in [2.05, 4.69) is 10.2 Å². The van der Waals surface area contributed by atoms with Crippen molar-refractivity contribution < 1.29 is 13.2 Å². The van der Waals surface area contributed by atoms with E-state index in [4.69, 9.17) is 4.74 Å². The van der Waals surface area contributed by atoms with Crippen LogP contribution in [0.5, 0.6) is 5.75 Å². The van der Waals surface area contributed by atoms with Crippen LogP contribution in [0.25, 0.3) is 0 Å². The quantitative estimate of drug-likeness (QED) is 0.841. The van der Waals surface area contributed by atoms with E-state index in [1.165, 1.54) is 0 Å². The first kappa shape index (κ1) is 18.9. The fourth-order valence-corrected chi connectivity index (χ4v) is 5.53. The second kappa shape index (κ2) is 7.40. The molecule has 8 heteroatoms. The van der Waals surface area contributed by atoms with E-state index in [9.17, 15) is 8.42 Å². The number of hydrogen-bond donors (Lipinski definition) is 1. The molecule has 0 amide bonds. The highest BCUT2D eigenvalue weighted by molar-refractivity contribution is 7.89. The van der Waals surface area contributed by atoms with Crippen LogP contribution in [-0.4, -0.2) is 69.0 Å². The zero-order chi connectivity index (χ0) is 16.7. The van der Waals surface area contributed by atoms with Crippen molar-refractivity contribution in [2.24, 2.45) is 0 Å². The highest BCUT2D eigenvalue weighted by Gasteiger charge is 2.36. The van der Waals surface area contributed by atoms with Crippen molar-refractivity contribution in [3.05, 3.63) is 23.8 Å². The first-order chi connectivity index (χ1) is 11.5. The molecule has 1 N–H and O–H groups in total. The highest BCUT2D eigenvalue weighted by atomic mass is 35.5. The van der Waals surface area contributed by atoms with Crippen LogP contribution in [0.3, 0.4) is 0 Å². The Morgan fingerprint density at radius 2 is 1.96 bits per heavy atom. The van der Waals surface area contributed by atoms with Gasteiger partial charge in [0.1, 0.15) is 11.9 Å². The molecule has 1 aromatic carbocycles. The van der Waals surface area contributed by atoms with Crippen LogP contribution in [0.15, 0.2) is 23.1 Å². The lowest BCUT2D eigenvalue weighted by Crippen LogP contribution is -2.49. The maximum atomic E-state index is 13.0. The number of ether oxygens (including phenoxy) is 1. The van der Waals surface area contributed by atoms with Gasteiger partial charge < -0.3 is 10.1 Å². The third-order valence-electron chi connectivity index (χ3n) is 5.30. The average Bonchev–Trinajstić information content (AvgIpc) is 3.21. The molecule has 2 unspecified atom stereocenters. The summed E-state index contributed by atoms with van der Waals surface area (Å²) >= 11 is 0. The maximum absolute atomic E-state index is 13.0. The number of sulfonamides is 1. The summed E-state index contributed by atoms with van der Waals surface area (Å²) in [5, 5.41) is 3.35. The minimum absolute atomic E-state index is 0. The number of piperazine rings is 1. The number of rotatable bonds is 3. The molecule has 0 aromatic heterocycles. The van der Waals surface area contributed by atoms with Crippen molar-refractivity contribution in [1.82, 2.24) is 14.5 Å². The van der Waals surface area contributed by atoms with Gasteiger partial charge in [0, 0.05) is 51.7 Å². The van der Waals surface area contributed by atoms with Crippen molar-refractivity contribution in [2.45, 2.75) is 36.8 Å². The van der Waals surface area contributed by atoms with Gasteiger partial charge >= 0.3 is 0 Å². The van der Waals surface area contributed by atoms with Gasteiger partial charge in [0.15, 0.2) is 0 Å². The van der Waals surface area contributed by atoms with Crippen LogP contribution in [0, 0.1) is 0 Å². The Bertz CT molecular complexity index is 722. The van der Waals surface area contributed by atoms with Gasteiger partial charge in [-0.2, -0.15) is 4.31 Å². The van der Waals surface area contributed by atoms with E-state index in [0.717, 1.165) is 50.3 Å². The van der Waals surface area contributed by atoms with Gasteiger partial charge in [-0.3, -0.25) is 4.90 Å². The molecule has 4 rings (SSSR count). The van der Waals surface area contributed by atoms with Gasteiger partial charge in [0.05, 0.1) is 4.90 Å². The topological polar surface area (TPSA) is 61.9 Å². The Balaban J connectivity index is 0.00000182. The van der Waals surface area contributed by atoms with Gasteiger partial charge in [0.25, 0.3) is 0 Å². The summed E-state index contributed by atoms with van der Waals surface area (Å²) < 4.78 is 33.3. The first-order valence-electron chi connectivity index (χ1n) is 8.78. The van der Waals surface area contributed by atoms with E-state index in [0.29, 0.717) is 24.0 Å². The normalized spacial score (nSPS) is 27.6.